The largest absolute Gasteiger partial charge is 0.467 e. The molecule has 2 rings (SSSR count). The highest BCUT2D eigenvalue weighted by atomic mass is 19.4. The first-order valence-corrected chi connectivity index (χ1v) is 6.06. The van der Waals surface area contributed by atoms with Crippen LogP contribution in [0.15, 0.2) is 12.4 Å². The maximum atomic E-state index is 12.0. The van der Waals surface area contributed by atoms with Crippen LogP contribution in [0.3, 0.4) is 0 Å². The van der Waals surface area contributed by atoms with E-state index in [1.54, 1.807) is 6.92 Å². The molecule has 1 saturated carbocycles. The molecule has 1 heterocycles. The van der Waals surface area contributed by atoms with Gasteiger partial charge in [-0.25, -0.2) is 4.98 Å². The average molecular weight is 289 g/mol. The molecule has 0 aromatic carbocycles. The number of hydrogen-bond acceptors (Lipinski definition) is 4. The monoisotopic (exact) mass is 289 g/mol. The Labute approximate surface area is 113 Å². The van der Waals surface area contributed by atoms with Crippen molar-refractivity contribution < 1.29 is 22.7 Å². The summed E-state index contributed by atoms with van der Waals surface area (Å²) >= 11 is 0. The minimum Gasteiger partial charge on any atom is -0.467 e. The molecule has 0 aliphatic heterocycles. The fourth-order valence-corrected chi connectivity index (χ4v) is 2.09. The van der Waals surface area contributed by atoms with Gasteiger partial charge in [-0.3, -0.25) is 9.78 Å². The Bertz CT molecular complexity index is 498. The second-order valence-electron chi connectivity index (χ2n) is 4.93. The zero-order chi connectivity index (χ0) is 15.0. The average Bonchev–Trinajstić information content (AvgIpc) is 3.17. The Morgan fingerprint density at radius 2 is 2.10 bits per heavy atom. The van der Waals surface area contributed by atoms with Gasteiger partial charge < -0.3 is 10.5 Å². The van der Waals surface area contributed by atoms with Crippen molar-refractivity contribution in [3.63, 3.8) is 0 Å². The van der Waals surface area contributed by atoms with E-state index in [1.165, 1.54) is 6.20 Å². The highest BCUT2D eigenvalue weighted by molar-refractivity contribution is 5.84. The van der Waals surface area contributed by atoms with Crippen LogP contribution < -0.4 is 10.5 Å². The topological polar surface area (TPSA) is 78.1 Å². The molecule has 0 saturated heterocycles. The summed E-state index contributed by atoms with van der Waals surface area (Å²) in [5.41, 5.74) is 5.28. The van der Waals surface area contributed by atoms with Gasteiger partial charge in [-0.2, -0.15) is 13.2 Å². The van der Waals surface area contributed by atoms with Crippen LogP contribution in [-0.4, -0.2) is 28.7 Å². The van der Waals surface area contributed by atoms with Crippen molar-refractivity contribution in [3.8, 4) is 5.88 Å². The SMILES string of the molecule is C[C@@H](c1cnc(OCC(F)(F)F)cn1)C1(C(N)=O)CC1. The fourth-order valence-electron chi connectivity index (χ4n) is 2.09. The molecule has 1 aliphatic rings. The lowest BCUT2D eigenvalue weighted by atomic mass is 9.87. The van der Waals surface area contributed by atoms with Gasteiger partial charge in [0.15, 0.2) is 6.61 Å². The molecule has 8 heteroatoms. The second kappa shape index (κ2) is 4.92. The quantitative estimate of drug-likeness (QED) is 0.896. The van der Waals surface area contributed by atoms with E-state index < -0.39 is 18.2 Å². The van der Waals surface area contributed by atoms with Crippen molar-refractivity contribution in [2.24, 2.45) is 11.1 Å². The predicted molar refractivity (Wildman–Crippen MR) is 62.9 cm³/mol. The van der Waals surface area contributed by atoms with Crippen molar-refractivity contribution in [1.82, 2.24) is 9.97 Å². The molecule has 0 unspecified atom stereocenters. The lowest BCUT2D eigenvalue weighted by molar-refractivity contribution is -0.154. The third-order valence-corrected chi connectivity index (χ3v) is 3.58. The number of hydrogen-bond donors (Lipinski definition) is 1. The minimum atomic E-state index is -4.42. The van der Waals surface area contributed by atoms with Crippen LogP contribution >= 0.6 is 0 Å². The first-order valence-electron chi connectivity index (χ1n) is 6.06. The van der Waals surface area contributed by atoms with Gasteiger partial charge in [-0.15, -0.1) is 0 Å². The lowest BCUT2D eigenvalue weighted by Crippen LogP contribution is -2.29. The standard InChI is InChI=1S/C12H14F3N3O2/c1-7(11(2-3-11)10(16)19)8-4-18-9(5-17-8)20-6-12(13,14)15/h4-5,7H,2-3,6H2,1H3,(H2,16,19)/t7-/m0/s1. The third kappa shape index (κ3) is 3.00. The summed E-state index contributed by atoms with van der Waals surface area (Å²) in [6.45, 7) is 0.389. The van der Waals surface area contributed by atoms with Crippen LogP contribution in [0.4, 0.5) is 13.2 Å². The summed E-state index contributed by atoms with van der Waals surface area (Å²) in [5, 5.41) is 0. The summed E-state index contributed by atoms with van der Waals surface area (Å²) in [7, 11) is 0. The van der Waals surface area contributed by atoms with E-state index in [0.717, 1.165) is 6.20 Å². The molecule has 1 aliphatic carbocycles. The van der Waals surface area contributed by atoms with Crippen molar-refractivity contribution >= 4 is 5.91 Å². The van der Waals surface area contributed by atoms with E-state index in [1.807, 2.05) is 0 Å². The number of nitrogens with zero attached hydrogens (tertiary/aromatic N) is 2. The van der Waals surface area contributed by atoms with Crippen molar-refractivity contribution in [2.75, 3.05) is 6.61 Å². The van der Waals surface area contributed by atoms with E-state index >= 15 is 0 Å². The Morgan fingerprint density at radius 1 is 1.45 bits per heavy atom. The first-order chi connectivity index (χ1) is 9.24. The van der Waals surface area contributed by atoms with Crippen molar-refractivity contribution in [2.45, 2.75) is 31.9 Å². The molecule has 0 bridgehead atoms. The summed E-state index contributed by atoms with van der Waals surface area (Å²) in [4.78, 5) is 19.2. The second-order valence-corrected chi connectivity index (χ2v) is 4.93. The van der Waals surface area contributed by atoms with Crippen molar-refractivity contribution in [1.29, 1.82) is 0 Å². The van der Waals surface area contributed by atoms with Gasteiger partial charge in [0.25, 0.3) is 0 Å². The maximum absolute atomic E-state index is 12.0. The molecule has 0 spiro atoms. The fraction of sp³-hybridized carbons (Fsp3) is 0.583. The van der Waals surface area contributed by atoms with Gasteiger partial charge in [0.05, 0.1) is 23.5 Å². The predicted octanol–water partition coefficient (Wildman–Crippen LogP) is 1.79. The van der Waals surface area contributed by atoms with Crippen LogP contribution in [0.2, 0.25) is 0 Å². The number of nitrogens with two attached hydrogens (primary N) is 1. The molecule has 2 N–H and O–H groups in total. The number of carbonyl (C=O) groups is 1. The number of ether oxygens (including phenoxy) is 1. The molecule has 1 atom stereocenters. The minimum absolute atomic E-state index is 0.206. The third-order valence-electron chi connectivity index (χ3n) is 3.58. The highest BCUT2D eigenvalue weighted by Gasteiger charge is 2.53. The van der Waals surface area contributed by atoms with Gasteiger partial charge in [-0.05, 0) is 12.8 Å². The Hall–Kier alpha value is -1.86. The smallest absolute Gasteiger partial charge is 0.422 e. The number of rotatable bonds is 5. The maximum Gasteiger partial charge on any atom is 0.422 e. The number of aromatic nitrogens is 2. The summed E-state index contributed by atoms with van der Waals surface area (Å²) in [6, 6.07) is 0. The molecule has 5 nitrogen and oxygen atoms in total. The molecule has 20 heavy (non-hydrogen) atoms. The van der Waals surface area contributed by atoms with Crippen LogP contribution in [0.1, 0.15) is 31.4 Å². The molecular formula is C12H14F3N3O2. The molecular weight excluding hydrogens is 275 g/mol. The zero-order valence-electron chi connectivity index (χ0n) is 10.8. The summed E-state index contributed by atoms with van der Waals surface area (Å²) in [5.74, 6) is -0.810. The van der Waals surface area contributed by atoms with Gasteiger partial charge in [0, 0.05) is 5.92 Å². The number of primary amides is 1. The molecule has 1 amide bonds. The van der Waals surface area contributed by atoms with Crippen LogP contribution in [0.5, 0.6) is 5.88 Å². The zero-order valence-corrected chi connectivity index (χ0v) is 10.8. The molecule has 1 fully saturated rings. The Balaban J connectivity index is 2.03. The van der Waals surface area contributed by atoms with E-state index in [-0.39, 0.29) is 17.7 Å². The summed E-state index contributed by atoms with van der Waals surface area (Å²) in [6.07, 6.45) is -0.597. The normalized spacial score (nSPS) is 18.4. The van der Waals surface area contributed by atoms with Gasteiger partial charge in [-0.1, -0.05) is 6.92 Å². The van der Waals surface area contributed by atoms with Gasteiger partial charge in [0.2, 0.25) is 11.8 Å². The van der Waals surface area contributed by atoms with Gasteiger partial charge >= 0.3 is 6.18 Å². The van der Waals surface area contributed by atoms with Crippen molar-refractivity contribution in [3.05, 3.63) is 18.1 Å². The van der Waals surface area contributed by atoms with Crippen LogP contribution in [0, 0.1) is 5.41 Å². The van der Waals surface area contributed by atoms with E-state index in [4.69, 9.17) is 5.73 Å². The van der Waals surface area contributed by atoms with E-state index in [9.17, 15) is 18.0 Å². The first kappa shape index (κ1) is 14.5. The highest BCUT2D eigenvalue weighted by Crippen LogP contribution is 2.55. The molecule has 1 aromatic rings. The van der Waals surface area contributed by atoms with E-state index in [0.29, 0.717) is 18.5 Å². The molecule has 110 valence electrons. The number of alkyl halides is 3. The Morgan fingerprint density at radius 3 is 2.50 bits per heavy atom. The summed E-state index contributed by atoms with van der Waals surface area (Å²) < 4.78 is 40.4. The number of halogens is 3. The van der Waals surface area contributed by atoms with E-state index in [2.05, 4.69) is 14.7 Å². The number of carbonyl (C=O) groups excluding carboxylic acids is 1. The number of amides is 1. The molecule has 0 radical (unpaired) electrons. The Kier molecular flexibility index (Phi) is 3.58. The molecule has 1 aromatic heterocycles. The van der Waals surface area contributed by atoms with Gasteiger partial charge in [0.1, 0.15) is 0 Å². The van der Waals surface area contributed by atoms with Crippen LogP contribution in [0.25, 0.3) is 0 Å². The van der Waals surface area contributed by atoms with Crippen LogP contribution in [-0.2, 0) is 4.79 Å². The lowest BCUT2D eigenvalue weighted by Gasteiger charge is -2.19.